The minimum atomic E-state index is -0.0596. The van der Waals surface area contributed by atoms with Crippen molar-refractivity contribution in [2.75, 3.05) is 25.0 Å². The number of rotatable bonds is 4. The maximum absolute atomic E-state index is 12.5. The average Bonchev–Trinajstić information content (AvgIpc) is 3.08. The minimum absolute atomic E-state index is 0.0596. The first kappa shape index (κ1) is 15.4. The number of carbonyl (C=O) groups is 1. The highest BCUT2D eigenvalue weighted by Crippen LogP contribution is 2.29. The van der Waals surface area contributed by atoms with Crippen LogP contribution in [-0.4, -0.2) is 30.6 Å². The van der Waals surface area contributed by atoms with Crippen LogP contribution in [-0.2, 0) is 0 Å². The number of nitrogens with zero attached hydrogens (tertiary/aromatic N) is 1. The predicted molar refractivity (Wildman–Crippen MR) is 92.0 cm³/mol. The van der Waals surface area contributed by atoms with E-state index in [1.54, 1.807) is 0 Å². The molecule has 2 aromatic carbocycles. The summed E-state index contributed by atoms with van der Waals surface area (Å²) in [6, 6.07) is 17.9. The Morgan fingerprint density at radius 1 is 1.17 bits per heavy atom. The Hall–Kier alpha value is -2.49. The van der Waals surface area contributed by atoms with Crippen LogP contribution in [0.1, 0.15) is 24.8 Å². The number of hydrogen-bond acceptors (Lipinski definition) is 2. The van der Waals surface area contributed by atoms with Gasteiger partial charge in [-0.25, -0.2) is 4.79 Å². The number of likely N-dealkylation sites (tertiary alicyclic amines) is 1. The molecular weight excluding hydrogens is 288 g/mol. The van der Waals surface area contributed by atoms with Gasteiger partial charge in [0.2, 0.25) is 0 Å². The monoisotopic (exact) mass is 310 g/mol. The van der Waals surface area contributed by atoms with E-state index < -0.39 is 0 Å². The molecule has 1 N–H and O–H groups in total. The van der Waals surface area contributed by atoms with Crippen LogP contribution in [0.25, 0.3) is 0 Å². The molecule has 0 bridgehead atoms. The van der Waals surface area contributed by atoms with E-state index in [-0.39, 0.29) is 6.03 Å². The van der Waals surface area contributed by atoms with Crippen molar-refractivity contribution in [1.29, 1.82) is 0 Å². The molecule has 1 saturated heterocycles. The SMILES string of the molecule is CCOc1ccccc1NC(=O)N1CCC(c2ccccc2)C1. The van der Waals surface area contributed by atoms with E-state index in [1.165, 1.54) is 5.56 Å². The van der Waals surface area contributed by atoms with Gasteiger partial charge < -0.3 is 15.0 Å². The summed E-state index contributed by atoms with van der Waals surface area (Å²) in [5, 5.41) is 2.97. The second kappa shape index (κ2) is 7.18. The quantitative estimate of drug-likeness (QED) is 0.923. The van der Waals surface area contributed by atoms with Gasteiger partial charge in [0.1, 0.15) is 5.75 Å². The first-order chi connectivity index (χ1) is 11.3. The van der Waals surface area contributed by atoms with Crippen LogP contribution >= 0.6 is 0 Å². The van der Waals surface area contributed by atoms with Gasteiger partial charge in [0.05, 0.1) is 12.3 Å². The molecule has 2 aromatic rings. The van der Waals surface area contributed by atoms with Crippen LogP contribution < -0.4 is 10.1 Å². The number of nitrogens with one attached hydrogen (secondary N) is 1. The Morgan fingerprint density at radius 2 is 1.91 bits per heavy atom. The molecule has 2 amide bonds. The Balaban J connectivity index is 1.64. The number of para-hydroxylation sites is 2. The van der Waals surface area contributed by atoms with Crippen LogP contribution in [0.3, 0.4) is 0 Å². The van der Waals surface area contributed by atoms with E-state index in [2.05, 4.69) is 29.6 Å². The number of benzene rings is 2. The van der Waals surface area contributed by atoms with Gasteiger partial charge in [-0.3, -0.25) is 0 Å². The molecule has 0 spiro atoms. The van der Waals surface area contributed by atoms with Crippen molar-refractivity contribution in [3.8, 4) is 5.75 Å². The molecule has 1 unspecified atom stereocenters. The van der Waals surface area contributed by atoms with Gasteiger partial charge in [0.15, 0.2) is 0 Å². The van der Waals surface area contributed by atoms with Gasteiger partial charge in [-0.15, -0.1) is 0 Å². The summed E-state index contributed by atoms with van der Waals surface area (Å²) in [6.45, 7) is 4.05. The molecule has 4 heteroatoms. The van der Waals surface area contributed by atoms with Gasteiger partial charge in [-0.05, 0) is 31.0 Å². The summed E-state index contributed by atoms with van der Waals surface area (Å²) in [5.74, 6) is 1.13. The van der Waals surface area contributed by atoms with E-state index >= 15 is 0 Å². The Kier molecular flexibility index (Phi) is 4.81. The van der Waals surface area contributed by atoms with E-state index in [1.807, 2.05) is 42.2 Å². The molecule has 1 aliphatic rings. The number of ether oxygens (including phenoxy) is 1. The molecule has 1 atom stereocenters. The van der Waals surface area contributed by atoms with Crippen LogP contribution in [0.5, 0.6) is 5.75 Å². The van der Waals surface area contributed by atoms with Crippen molar-refractivity contribution in [2.24, 2.45) is 0 Å². The van der Waals surface area contributed by atoms with Gasteiger partial charge in [0, 0.05) is 19.0 Å². The zero-order valence-electron chi connectivity index (χ0n) is 13.4. The summed E-state index contributed by atoms with van der Waals surface area (Å²) >= 11 is 0. The Morgan fingerprint density at radius 3 is 2.70 bits per heavy atom. The number of urea groups is 1. The van der Waals surface area contributed by atoms with E-state index in [9.17, 15) is 4.79 Å². The number of carbonyl (C=O) groups excluding carboxylic acids is 1. The highest BCUT2D eigenvalue weighted by Gasteiger charge is 2.27. The Labute approximate surface area is 137 Å². The summed E-state index contributed by atoms with van der Waals surface area (Å²) in [5.41, 5.74) is 2.03. The van der Waals surface area contributed by atoms with Gasteiger partial charge in [-0.1, -0.05) is 42.5 Å². The Bertz CT molecular complexity index is 657. The van der Waals surface area contributed by atoms with Crippen molar-refractivity contribution in [2.45, 2.75) is 19.3 Å². The molecule has 0 radical (unpaired) electrons. The number of hydrogen-bond donors (Lipinski definition) is 1. The molecule has 0 aliphatic carbocycles. The van der Waals surface area contributed by atoms with Crippen molar-refractivity contribution in [1.82, 2.24) is 4.90 Å². The average molecular weight is 310 g/mol. The summed E-state index contributed by atoms with van der Waals surface area (Å²) < 4.78 is 5.56. The number of anilines is 1. The third-order valence-corrected chi connectivity index (χ3v) is 4.17. The standard InChI is InChI=1S/C19H22N2O2/c1-2-23-18-11-7-6-10-17(18)20-19(22)21-13-12-16(14-21)15-8-4-3-5-9-15/h3-11,16H,2,12-14H2,1H3,(H,20,22). The van der Waals surface area contributed by atoms with Crippen molar-refractivity contribution >= 4 is 11.7 Å². The molecule has 23 heavy (non-hydrogen) atoms. The third-order valence-electron chi connectivity index (χ3n) is 4.17. The van der Waals surface area contributed by atoms with E-state index in [0.717, 1.165) is 25.2 Å². The van der Waals surface area contributed by atoms with Crippen LogP contribution in [0.2, 0.25) is 0 Å². The zero-order valence-corrected chi connectivity index (χ0v) is 13.4. The second-order valence-electron chi connectivity index (χ2n) is 5.70. The first-order valence-electron chi connectivity index (χ1n) is 8.10. The normalized spacial score (nSPS) is 17.1. The van der Waals surface area contributed by atoms with Crippen LogP contribution in [0.4, 0.5) is 10.5 Å². The lowest BCUT2D eigenvalue weighted by molar-refractivity contribution is 0.222. The number of amides is 2. The molecule has 1 fully saturated rings. The topological polar surface area (TPSA) is 41.6 Å². The third kappa shape index (κ3) is 3.65. The molecular formula is C19H22N2O2. The highest BCUT2D eigenvalue weighted by molar-refractivity contribution is 5.91. The van der Waals surface area contributed by atoms with Gasteiger partial charge in [0.25, 0.3) is 0 Å². The summed E-state index contributed by atoms with van der Waals surface area (Å²) in [6.07, 6.45) is 1.00. The second-order valence-corrected chi connectivity index (χ2v) is 5.70. The minimum Gasteiger partial charge on any atom is -0.492 e. The van der Waals surface area contributed by atoms with Crippen molar-refractivity contribution in [3.63, 3.8) is 0 Å². The van der Waals surface area contributed by atoms with Crippen LogP contribution in [0.15, 0.2) is 54.6 Å². The molecule has 1 aliphatic heterocycles. The molecule has 3 rings (SSSR count). The summed E-state index contributed by atoms with van der Waals surface area (Å²) in [7, 11) is 0. The predicted octanol–water partition coefficient (Wildman–Crippen LogP) is 4.11. The fourth-order valence-corrected chi connectivity index (χ4v) is 2.99. The molecule has 0 aromatic heterocycles. The maximum Gasteiger partial charge on any atom is 0.321 e. The molecule has 1 heterocycles. The molecule has 0 saturated carbocycles. The summed E-state index contributed by atoms with van der Waals surface area (Å²) in [4.78, 5) is 14.4. The maximum atomic E-state index is 12.5. The van der Waals surface area contributed by atoms with Crippen molar-refractivity contribution < 1.29 is 9.53 Å². The van der Waals surface area contributed by atoms with Crippen LogP contribution in [0, 0.1) is 0 Å². The van der Waals surface area contributed by atoms with Crippen molar-refractivity contribution in [3.05, 3.63) is 60.2 Å². The largest absolute Gasteiger partial charge is 0.492 e. The van der Waals surface area contributed by atoms with Gasteiger partial charge in [-0.2, -0.15) is 0 Å². The van der Waals surface area contributed by atoms with Gasteiger partial charge >= 0.3 is 6.03 Å². The zero-order chi connectivity index (χ0) is 16.1. The smallest absolute Gasteiger partial charge is 0.321 e. The fourth-order valence-electron chi connectivity index (χ4n) is 2.99. The molecule has 4 nitrogen and oxygen atoms in total. The lowest BCUT2D eigenvalue weighted by atomic mass is 9.99. The molecule has 120 valence electrons. The lowest BCUT2D eigenvalue weighted by Crippen LogP contribution is -2.32. The fraction of sp³-hybridized carbons (Fsp3) is 0.316. The van der Waals surface area contributed by atoms with E-state index in [4.69, 9.17) is 4.74 Å². The lowest BCUT2D eigenvalue weighted by Gasteiger charge is -2.19. The van der Waals surface area contributed by atoms with E-state index in [0.29, 0.717) is 18.3 Å². The highest BCUT2D eigenvalue weighted by atomic mass is 16.5. The first-order valence-corrected chi connectivity index (χ1v) is 8.10.